The summed E-state index contributed by atoms with van der Waals surface area (Å²) in [6, 6.07) is 6.06. The Hall–Kier alpha value is -1.27. The Bertz CT molecular complexity index is 640. The summed E-state index contributed by atoms with van der Waals surface area (Å²) in [6.07, 6.45) is 1.39. The van der Waals surface area contributed by atoms with Crippen molar-refractivity contribution in [2.45, 2.75) is 45.1 Å². The maximum absolute atomic E-state index is 10.9. The van der Waals surface area contributed by atoms with Gasteiger partial charge in [0.25, 0.3) is 10.1 Å². The zero-order valence-corrected chi connectivity index (χ0v) is 14.5. The number of anilines is 1. The predicted molar refractivity (Wildman–Crippen MR) is 88.5 cm³/mol. The van der Waals surface area contributed by atoms with E-state index in [9.17, 15) is 8.42 Å². The lowest BCUT2D eigenvalue weighted by atomic mass is 9.80. The first-order valence-electron chi connectivity index (χ1n) is 7.55. The van der Waals surface area contributed by atoms with Gasteiger partial charge in [0.05, 0.1) is 12.9 Å². The number of hydrogen-bond donors (Lipinski definition) is 1. The van der Waals surface area contributed by atoms with E-state index in [0.29, 0.717) is 18.9 Å². The normalized spacial score (nSPS) is 20.6. The fourth-order valence-corrected chi connectivity index (χ4v) is 3.92. The van der Waals surface area contributed by atoms with Crippen LogP contribution in [0.4, 0.5) is 5.69 Å². The average molecular weight is 327 g/mol. The van der Waals surface area contributed by atoms with E-state index in [0.717, 1.165) is 17.9 Å². The summed E-state index contributed by atoms with van der Waals surface area (Å²) in [7, 11) is -2.27. The molecular weight excluding hydrogens is 302 g/mol. The molecule has 124 valence electrons. The van der Waals surface area contributed by atoms with Gasteiger partial charge in [-0.25, -0.2) is 0 Å². The molecule has 1 aromatic rings. The van der Waals surface area contributed by atoms with E-state index in [1.54, 1.807) is 7.11 Å². The zero-order valence-electron chi connectivity index (χ0n) is 13.7. The highest BCUT2D eigenvalue weighted by atomic mass is 32.2. The molecule has 0 spiro atoms. The van der Waals surface area contributed by atoms with Gasteiger partial charge in [-0.1, -0.05) is 13.0 Å². The van der Waals surface area contributed by atoms with Crippen LogP contribution in [0.2, 0.25) is 0 Å². The molecule has 1 heterocycles. The van der Waals surface area contributed by atoms with Crippen molar-refractivity contribution in [3.63, 3.8) is 0 Å². The highest BCUT2D eigenvalue weighted by Crippen LogP contribution is 2.44. The Kier molecular flexibility index (Phi) is 4.73. The van der Waals surface area contributed by atoms with E-state index >= 15 is 0 Å². The zero-order chi connectivity index (χ0) is 16.5. The maximum atomic E-state index is 10.9. The topological polar surface area (TPSA) is 66.8 Å². The van der Waals surface area contributed by atoms with Gasteiger partial charge in [0.2, 0.25) is 0 Å². The van der Waals surface area contributed by atoms with Crippen LogP contribution < -0.4 is 9.64 Å². The molecular formula is C16H25NO4S. The molecule has 0 amide bonds. The third-order valence-corrected chi connectivity index (χ3v) is 5.18. The standard InChI is InChI=1S/C16H25NO4S/c1-12-11-16(2,3)17(8-5-9-22(18,19)20)15-10-13(21-4)6-7-14(12)15/h6-7,10,12H,5,8-9,11H2,1-4H3,(H,18,19,20). The Balaban J connectivity index is 2.32. The molecule has 22 heavy (non-hydrogen) atoms. The molecule has 0 bridgehead atoms. The first-order valence-corrected chi connectivity index (χ1v) is 9.16. The van der Waals surface area contributed by atoms with Crippen molar-refractivity contribution in [1.29, 1.82) is 0 Å². The second kappa shape index (κ2) is 6.08. The van der Waals surface area contributed by atoms with Gasteiger partial charge in [0.15, 0.2) is 0 Å². The Morgan fingerprint density at radius 3 is 2.68 bits per heavy atom. The van der Waals surface area contributed by atoms with Crippen LogP contribution in [0.1, 0.15) is 45.1 Å². The van der Waals surface area contributed by atoms with Crippen LogP contribution in [0.15, 0.2) is 18.2 Å². The minimum absolute atomic E-state index is 0.0714. The second-order valence-corrected chi connectivity index (χ2v) is 8.21. The van der Waals surface area contributed by atoms with Gasteiger partial charge < -0.3 is 9.64 Å². The molecule has 2 rings (SSSR count). The van der Waals surface area contributed by atoms with Gasteiger partial charge in [-0.05, 0) is 44.2 Å². The first-order chi connectivity index (χ1) is 10.1. The summed E-state index contributed by atoms with van der Waals surface area (Å²) in [5.41, 5.74) is 2.28. The molecule has 0 aliphatic carbocycles. The van der Waals surface area contributed by atoms with Gasteiger partial charge in [0, 0.05) is 23.8 Å². The van der Waals surface area contributed by atoms with Gasteiger partial charge in [-0.2, -0.15) is 8.42 Å². The van der Waals surface area contributed by atoms with Crippen LogP contribution in [-0.4, -0.2) is 37.9 Å². The lowest BCUT2D eigenvalue weighted by Gasteiger charge is -2.47. The van der Waals surface area contributed by atoms with Crippen molar-refractivity contribution >= 4 is 15.8 Å². The molecule has 1 unspecified atom stereocenters. The highest BCUT2D eigenvalue weighted by Gasteiger charge is 2.36. The van der Waals surface area contributed by atoms with Gasteiger partial charge in [-0.15, -0.1) is 0 Å². The van der Waals surface area contributed by atoms with Gasteiger partial charge in [0.1, 0.15) is 5.75 Å². The smallest absolute Gasteiger partial charge is 0.264 e. The van der Waals surface area contributed by atoms with Crippen LogP contribution in [0.3, 0.4) is 0 Å². The Morgan fingerprint density at radius 2 is 2.09 bits per heavy atom. The van der Waals surface area contributed by atoms with Crippen LogP contribution in [0.25, 0.3) is 0 Å². The number of rotatable bonds is 5. The number of methoxy groups -OCH3 is 1. The molecule has 1 aromatic carbocycles. The van der Waals surface area contributed by atoms with E-state index in [4.69, 9.17) is 9.29 Å². The quantitative estimate of drug-likeness (QED) is 0.842. The largest absolute Gasteiger partial charge is 0.497 e. The summed E-state index contributed by atoms with van der Waals surface area (Å²) < 4.78 is 36.2. The lowest BCUT2D eigenvalue weighted by Crippen LogP contribution is -2.49. The number of fused-ring (bicyclic) bond motifs is 1. The average Bonchev–Trinajstić information content (AvgIpc) is 2.40. The van der Waals surface area contributed by atoms with Crippen LogP contribution in [0.5, 0.6) is 5.75 Å². The predicted octanol–water partition coefficient (Wildman–Crippen LogP) is 3.07. The summed E-state index contributed by atoms with van der Waals surface area (Å²) in [5.74, 6) is 1.02. The molecule has 1 aliphatic rings. The highest BCUT2D eigenvalue weighted by molar-refractivity contribution is 7.85. The molecule has 0 radical (unpaired) electrons. The monoisotopic (exact) mass is 327 g/mol. The number of ether oxygens (including phenoxy) is 1. The molecule has 0 fully saturated rings. The fourth-order valence-electron chi connectivity index (χ4n) is 3.42. The van der Waals surface area contributed by atoms with Crippen molar-refractivity contribution in [2.24, 2.45) is 0 Å². The fraction of sp³-hybridized carbons (Fsp3) is 0.625. The van der Waals surface area contributed by atoms with Crippen molar-refractivity contribution in [3.8, 4) is 5.75 Å². The van der Waals surface area contributed by atoms with Gasteiger partial charge >= 0.3 is 0 Å². The maximum Gasteiger partial charge on any atom is 0.264 e. The minimum Gasteiger partial charge on any atom is -0.497 e. The van der Waals surface area contributed by atoms with Gasteiger partial charge in [-0.3, -0.25) is 4.55 Å². The molecule has 6 heteroatoms. The van der Waals surface area contributed by atoms with E-state index in [1.807, 2.05) is 12.1 Å². The number of hydrogen-bond acceptors (Lipinski definition) is 4. The van der Waals surface area contributed by atoms with Crippen molar-refractivity contribution < 1.29 is 17.7 Å². The minimum atomic E-state index is -3.91. The molecule has 0 saturated carbocycles. The van der Waals surface area contributed by atoms with E-state index in [1.165, 1.54) is 5.56 Å². The van der Waals surface area contributed by atoms with Crippen LogP contribution >= 0.6 is 0 Å². The van der Waals surface area contributed by atoms with Crippen LogP contribution in [0, 0.1) is 0 Å². The third-order valence-electron chi connectivity index (χ3n) is 4.38. The van der Waals surface area contributed by atoms with E-state index in [-0.39, 0.29) is 11.3 Å². The molecule has 0 aromatic heterocycles. The summed E-state index contributed by atoms with van der Waals surface area (Å²) in [6.45, 7) is 7.13. The molecule has 5 nitrogen and oxygen atoms in total. The summed E-state index contributed by atoms with van der Waals surface area (Å²) >= 11 is 0. The number of nitrogens with zero attached hydrogens (tertiary/aromatic N) is 1. The van der Waals surface area contributed by atoms with E-state index < -0.39 is 10.1 Å². The van der Waals surface area contributed by atoms with Crippen LogP contribution in [-0.2, 0) is 10.1 Å². The third kappa shape index (κ3) is 3.73. The SMILES string of the molecule is COc1ccc2c(c1)N(CCCS(=O)(=O)O)C(C)(C)CC2C. The number of benzene rings is 1. The van der Waals surface area contributed by atoms with Crippen molar-refractivity contribution in [2.75, 3.05) is 24.3 Å². The van der Waals surface area contributed by atoms with Crippen molar-refractivity contribution in [1.82, 2.24) is 0 Å². The van der Waals surface area contributed by atoms with E-state index in [2.05, 4.69) is 31.7 Å². The second-order valence-electron chi connectivity index (χ2n) is 6.63. The molecule has 0 saturated heterocycles. The van der Waals surface area contributed by atoms with Crippen molar-refractivity contribution in [3.05, 3.63) is 23.8 Å². The molecule has 1 aliphatic heterocycles. The Morgan fingerprint density at radius 1 is 1.41 bits per heavy atom. The summed E-state index contributed by atoms with van der Waals surface area (Å²) in [4.78, 5) is 2.23. The lowest BCUT2D eigenvalue weighted by molar-refractivity contribution is 0.372. The Labute approximate surface area is 133 Å². The molecule has 1 atom stereocenters. The summed E-state index contributed by atoms with van der Waals surface area (Å²) in [5, 5.41) is 0. The first kappa shape index (κ1) is 17.1. The molecule has 1 N–H and O–H groups in total.